The number of imide groups is 1. The number of amides is 2. The summed E-state index contributed by atoms with van der Waals surface area (Å²) in [5.41, 5.74) is 1.18. The number of carbonyl (C=O) groups is 2. The van der Waals surface area contributed by atoms with Crippen LogP contribution in [-0.2, 0) is 16.6 Å². The van der Waals surface area contributed by atoms with Crippen molar-refractivity contribution < 1.29 is 9.59 Å². The van der Waals surface area contributed by atoms with E-state index < -0.39 is 11.9 Å². The standard InChI is InChI=1S/C13H12BrN3O3/c1-16-10-6-7(14)2-3-8(10)17(13(16)20)9-4-5-11(18)15-12(9)19/h2-3,6,9H,4-5H2,1H3,(H,15,18,19). The van der Waals surface area contributed by atoms with Gasteiger partial charge in [0.2, 0.25) is 11.8 Å². The molecule has 0 saturated carbocycles. The monoisotopic (exact) mass is 337 g/mol. The maximum atomic E-state index is 12.4. The Morgan fingerprint density at radius 2 is 2.00 bits per heavy atom. The third-order valence-corrected chi connectivity index (χ3v) is 4.07. The summed E-state index contributed by atoms with van der Waals surface area (Å²) >= 11 is 3.37. The van der Waals surface area contributed by atoms with Gasteiger partial charge in [0.05, 0.1) is 11.0 Å². The smallest absolute Gasteiger partial charge is 0.295 e. The molecule has 104 valence electrons. The molecule has 2 heterocycles. The predicted octanol–water partition coefficient (Wildman–Crippen LogP) is 1.08. The van der Waals surface area contributed by atoms with Crippen molar-refractivity contribution in [2.24, 2.45) is 7.05 Å². The van der Waals surface area contributed by atoms with E-state index in [4.69, 9.17) is 0 Å². The topological polar surface area (TPSA) is 73.1 Å². The molecular formula is C13H12BrN3O3. The second kappa shape index (κ2) is 4.59. The van der Waals surface area contributed by atoms with Crippen LogP contribution in [0.15, 0.2) is 27.5 Å². The summed E-state index contributed by atoms with van der Waals surface area (Å²) < 4.78 is 3.83. The zero-order valence-corrected chi connectivity index (χ0v) is 12.3. The van der Waals surface area contributed by atoms with Gasteiger partial charge >= 0.3 is 5.69 Å². The first kappa shape index (κ1) is 13.1. The van der Waals surface area contributed by atoms with E-state index in [2.05, 4.69) is 21.2 Å². The van der Waals surface area contributed by atoms with Crippen LogP contribution in [-0.4, -0.2) is 20.9 Å². The molecule has 1 saturated heterocycles. The highest BCUT2D eigenvalue weighted by Gasteiger charge is 2.31. The molecule has 1 aliphatic rings. The Bertz CT molecular complexity index is 790. The van der Waals surface area contributed by atoms with Crippen LogP contribution in [0.5, 0.6) is 0 Å². The molecule has 1 fully saturated rings. The Kier molecular flexibility index (Phi) is 3.01. The number of benzene rings is 1. The van der Waals surface area contributed by atoms with Gasteiger partial charge in [0, 0.05) is 17.9 Å². The van der Waals surface area contributed by atoms with Crippen LogP contribution in [0, 0.1) is 0 Å². The minimum atomic E-state index is -0.634. The lowest BCUT2D eigenvalue weighted by Gasteiger charge is -2.21. The van der Waals surface area contributed by atoms with Crippen molar-refractivity contribution >= 4 is 38.8 Å². The molecule has 1 aliphatic heterocycles. The van der Waals surface area contributed by atoms with Crippen molar-refractivity contribution in [1.82, 2.24) is 14.5 Å². The summed E-state index contributed by atoms with van der Waals surface area (Å²) in [4.78, 5) is 35.6. The van der Waals surface area contributed by atoms with E-state index in [9.17, 15) is 14.4 Å². The third-order valence-electron chi connectivity index (χ3n) is 3.57. The fourth-order valence-electron chi connectivity index (χ4n) is 2.57. The zero-order valence-electron chi connectivity index (χ0n) is 10.7. The molecule has 7 heteroatoms. The average molecular weight is 338 g/mol. The van der Waals surface area contributed by atoms with Crippen LogP contribution in [0.1, 0.15) is 18.9 Å². The lowest BCUT2D eigenvalue weighted by molar-refractivity contribution is -0.135. The first-order valence-electron chi connectivity index (χ1n) is 6.19. The minimum Gasteiger partial charge on any atom is -0.295 e. The number of hydrogen-bond acceptors (Lipinski definition) is 3. The van der Waals surface area contributed by atoms with E-state index in [-0.39, 0.29) is 18.0 Å². The summed E-state index contributed by atoms with van der Waals surface area (Å²) in [6.07, 6.45) is 0.593. The highest BCUT2D eigenvalue weighted by atomic mass is 79.9. The zero-order chi connectivity index (χ0) is 14.4. The summed E-state index contributed by atoms with van der Waals surface area (Å²) in [6, 6.07) is 4.82. The number of imidazole rings is 1. The van der Waals surface area contributed by atoms with E-state index in [1.165, 1.54) is 9.13 Å². The van der Waals surface area contributed by atoms with E-state index >= 15 is 0 Å². The largest absolute Gasteiger partial charge is 0.329 e. The Morgan fingerprint density at radius 3 is 2.70 bits per heavy atom. The molecule has 0 spiro atoms. The maximum Gasteiger partial charge on any atom is 0.329 e. The number of hydrogen-bond donors (Lipinski definition) is 1. The molecule has 20 heavy (non-hydrogen) atoms. The SMILES string of the molecule is Cn1c(=O)n(C2CCC(=O)NC2=O)c2ccc(Br)cc21. The Balaban J connectivity index is 2.21. The molecule has 3 rings (SSSR count). The van der Waals surface area contributed by atoms with Crippen molar-refractivity contribution in [3.63, 3.8) is 0 Å². The van der Waals surface area contributed by atoms with Crippen LogP contribution in [0.3, 0.4) is 0 Å². The molecule has 1 N–H and O–H groups in total. The van der Waals surface area contributed by atoms with E-state index in [0.29, 0.717) is 11.9 Å². The van der Waals surface area contributed by atoms with Gasteiger partial charge in [-0.05, 0) is 24.6 Å². The molecule has 1 aromatic carbocycles. The van der Waals surface area contributed by atoms with Crippen LogP contribution in [0.25, 0.3) is 11.0 Å². The minimum absolute atomic E-state index is 0.246. The molecule has 0 aliphatic carbocycles. The van der Waals surface area contributed by atoms with Gasteiger partial charge in [0.15, 0.2) is 0 Å². The van der Waals surface area contributed by atoms with Crippen molar-refractivity contribution in [2.75, 3.05) is 0 Å². The second-order valence-electron chi connectivity index (χ2n) is 4.81. The Morgan fingerprint density at radius 1 is 1.25 bits per heavy atom. The average Bonchev–Trinajstić information content (AvgIpc) is 2.63. The first-order valence-corrected chi connectivity index (χ1v) is 6.98. The molecule has 0 radical (unpaired) electrons. The highest BCUT2D eigenvalue weighted by molar-refractivity contribution is 9.10. The quantitative estimate of drug-likeness (QED) is 0.791. The normalized spacial score (nSPS) is 19.4. The van der Waals surface area contributed by atoms with Crippen molar-refractivity contribution in [3.05, 3.63) is 33.2 Å². The summed E-state index contributed by atoms with van der Waals surface area (Å²) in [7, 11) is 1.67. The predicted molar refractivity (Wildman–Crippen MR) is 76.3 cm³/mol. The van der Waals surface area contributed by atoms with Crippen LogP contribution in [0.4, 0.5) is 0 Å². The van der Waals surface area contributed by atoms with E-state index in [1.54, 1.807) is 13.1 Å². The molecular weight excluding hydrogens is 326 g/mol. The van der Waals surface area contributed by atoms with E-state index in [1.807, 2.05) is 12.1 Å². The van der Waals surface area contributed by atoms with Gasteiger partial charge in [-0.2, -0.15) is 0 Å². The maximum absolute atomic E-state index is 12.4. The van der Waals surface area contributed by atoms with Gasteiger partial charge in [0.1, 0.15) is 6.04 Å². The highest BCUT2D eigenvalue weighted by Crippen LogP contribution is 2.24. The van der Waals surface area contributed by atoms with Gasteiger partial charge in [-0.15, -0.1) is 0 Å². The summed E-state index contributed by atoms with van der Waals surface area (Å²) in [6.45, 7) is 0. The molecule has 1 aromatic heterocycles. The third kappa shape index (κ3) is 1.89. The summed E-state index contributed by atoms with van der Waals surface area (Å²) in [5.74, 6) is -0.707. The first-order chi connectivity index (χ1) is 9.49. The number of aromatic nitrogens is 2. The van der Waals surface area contributed by atoms with Crippen LogP contribution in [0.2, 0.25) is 0 Å². The lowest BCUT2D eigenvalue weighted by atomic mass is 10.1. The van der Waals surface area contributed by atoms with Crippen LogP contribution >= 0.6 is 15.9 Å². The number of aryl methyl sites for hydroxylation is 1. The summed E-state index contributed by atoms with van der Waals surface area (Å²) in [5, 5.41) is 2.28. The molecule has 6 nitrogen and oxygen atoms in total. The molecule has 1 unspecified atom stereocenters. The number of fused-ring (bicyclic) bond motifs is 1. The van der Waals surface area contributed by atoms with Gasteiger partial charge < -0.3 is 0 Å². The lowest BCUT2D eigenvalue weighted by Crippen LogP contribution is -2.44. The van der Waals surface area contributed by atoms with Crippen molar-refractivity contribution in [1.29, 1.82) is 0 Å². The van der Waals surface area contributed by atoms with Gasteiger partial charge in [0.25, 0.3) is 0 Å². The number of halogens is 1. The number of rotatable bonds is 1. The second-order valence-corrected chi connectivity index (χ2v) is 5.73. The van der Waals surface area contributed by atoms with Gasteiger partial charge in [-0.1, -0.05) is 15.9 Å². The number of carbonyl (C=O) groups excluding carboxylic acids is 2. The Hall–Kier alpha value is -1.89. The molecule has 2 amide bonds. The number of nitrogens with zero attached hydrogens (tertiary/aromatic N) is 2. The molecule has 2 aromatic rings. The van der Waals surface area contributed by atoms with Crippen LogP contribution < -0.4 is 11.0 Å². The van der Waals surface area contributed by atoms with Gasteiger partial charge in [-0.3, -0.25) is 24.0 Å². The Labute approximate surface area is 122 Å². The number of nitrogens with one attached hydrogen (secondary N) is 1. The molecule has 1 atom stereocenters. The number of piperidine rings is 1. The van der Waals surface area contributed by atoms with Crippen molar-refractivity contribution in [2.45, 2.75) is 18.9 Å². The fourth-order valence-corrected chi connectivity index (χ4v) is 2.92. The van der Waals surface area contributed by atoms with Crippen molar-refractivity contribution in [3.8, 4) is 0 Å². The fraction of sp³-hybridized carbons (Fsp3) is 0.308. The molecule has 0 bridgehead atoms. The van der Waals surface area contributed by atoms with E-state index in [0.717, 1.165) is 9.99 Å². The van der Waals surface area contributed by atoms with Gasteiger partial charge in [-0.25, -0.2) is 4.79 Å².